The number of fused-ring (bicyclic) bond motifs is 1. The summed E-state index contributed by atoms with van der Waals surface area (Å²) in [6.07, 6.45) is 0. The molecule has 0 saturated carbocycles. The fourth-order valence-electron chi connectivity index (χ4n) is 2.76. The smallest absolute Gasteiger partial charge is 0.257 e. The summed E-state index contributed by atoms with van der Waals surface area (Å²) in [5, 5.41) is 7.99. The van der Waals surface area contributed by atoms with Crippen LogP contribution in [0, 0.1) is 0 Å². The van der Waals surface area contributed by atoms with Crippen LogP contribution >= 0.6 is 23.1 Å². The maximum absolute atomic E-state index is 12.4. The number of aromatic nitrogens is 1. The molecule has 0 unspecified atom stereocenters. The van der Waals surface area contributed by atoms with Crippen molar-refractivity contribution in [3.63, 3.8) is 0 Å². The second kappa shape index (κ2) is 9.71. The number of hydrogen-bond acceptors (Lipinski definition) is 8. The van der Waals surface area contributed by atoms with Crippen molar-refractivity contribution in [2.75, 3.05) is 30.3 Å². The summed E-state index contributed by atoms with van der Waals surface area (Å²) in [6, 6.07) is 12.2. The van der Waals surface area contributed by atoms with E-state index in [4.69, 9.17) is 14.2 Å². The molecule has 0 atom stereocenters. The summed E-state index contributed by atoms with van der Waals surface area (Å²) in [4.78, 5) is 28.9. The Bertz CT molecular complexity index is 1080. The molecule has 0 aliphatic carbocycles. The van der Waals surface area contributed by atoms with Gasteiger partial charge in [0.05, 0.1) is 18.6 Å². The molecule has 2 N–H and O–H groups in total. The van der Waals surface area contributed by atoms with Gasteiger partial charge in [0.2, 0.25) is 12.7 Å². The summed E-state index contributed by atoms with van der Waals surface area (Å²) in [5.74, 6) is 2.40. The van der Waals surface area contributed by atoms with Crippen molar-refractivity contribution in [2.24, 2.45) is 0 Å². The van der Waals surface area contributed by atoms with E-state index < -0.39 is 0 Å². The van der Waals surface area contributed by atoms with Crippen molar-refractivity contribution in [2.45, 2.75) is 5.75 Å². The molecule has 2 heterocycles. The molecule has 1 aromatic heterocycles. The molecule has 160 valence electrons. The molecule has 1 aliphatic heterocycles. The number of anilines is 2. The number of amides is 2. The van der Waals surface area contributed by atoms with Crippen molar-refractivity contribution in [3.05, 3.63) is 59.1 Å². The number of nitrogens with one attached hydrogen (secondary N) is 2. The van der Waals surface area contributed by atoms with Gasteiger partial charge in [-0.05, 0) is 42.5 Å². The maximum Gasteiger partial charge on any atom is 0.257 e. The van der Waals surface area contributed by atoms with Crippen LogP contribution < -0.4 is 24.8 Å². The summed E-state index contributed by atoms with van der Waals surface area (Å²) in [6.45, 7) is 0.159. The van der Waals surface area contributed by atoms with Gasteiger partial charge in [-0.25, -0.2) is 4.98 Å². The van der Waals surface area contributed by atoms with Gasteiger partial charge in [-0.15, -0.1) is 23.1 Å². The zero-order valence-corrected chi connectivity index (χ0v) is 18.2. The van der Waals surface area contributed by atoms with E-state index in [2.05, 4.69) is 15.6 Å². The maximum atomic E-state index is 12.4. The van der Waals surface area contributed by atoms with Crippen molar-refractivity contribution in [3.8, 4) is 17.2 Å². The zero-order valence-electron chi connectivity index (χ0n) is 16.5. The van der Waals surface area contributed by atoms with E-state index in [1.54, 1.807) is 49.6 Å². The normalized spacial score (nSPS) is 11.8. The molecule has 8 nitrogen and oxygen atoms in total. The van der Waals surface area contributed by atoms with Crippen LogP contribution in [0.3, 0.4) is 0 Å². The molecule has 0 radical (unpaired) electrons. The first-order valence-electron chi connectivity index (χ1n) is 9.28. The van der Waals surface area contributed by atoms with E-state index in [0.717, 1.165) is 11.4 Å². The lowest BCUT2D eigenvalue weighted by atomic mass is 10.2. The number of thiazole rings is 1. The molecule has 2 aromatic carbocycles. The fourth-order valence-corrected chi connectivity index (χ4v) is 4.28. The average Bonchev–Trinajstić information content (AvgIpc) is 3.43. The summed E-state index contributed by atoms with van der Waals surface area (Å²) in [5.41, 5.74) is 1.98. The van der Waals surface area contributed by atoms with Gasteiger partial charge in [0.25, 0.3) is 5.91 Å². The number of ether oxygens (including phenoxy) is 3. The molecule has 0 fully saturated rings. The van der Waals surface area contributed by atoms with Crippen LogP contribution in [0.5, 0.6) is 17.2 Å². The minimum absolute atomic E-state index is 0.0956. The average molecular weight is 458 g/mol. The molecular formula is C21H19N3O5S2. The van der Waals surface area contributed by atoms with E-state index >= 15 is 0 Å². The van der Waals surface area contributed by atoms with Gasteiger partial charge >= 0.3 is 0 Å². The lowest BCUT2D eigenvalue weighted by Crippen LogP contribution is -2.14. The minimum atomic E-state index is -0.272. The van der Waals surface area contributed by atoms with Crippen LogP contribution in [0.2, 0.25) is 0 Å². The molecule has 0 bridgehead atoms. The first-order chi connectivity index (χ1) is 15.1. The Morgan fingerprint density at radius 3 is 2.74 bits per heavy atom. The van der Waals surface area contributed by atoms with Gasteiger partial charge in [0.1, 0.15) is 5.75 Å². The van der Waals surface area contributed by atoms with Gasteiger partial charge < -0.3 is 19.5 Å². The molecule has 4 rings (SSSR count). The molecule has 1 aliphatic rings. The predicted octanol–water partition coefficient (Wildman–Crippen LogP) is 4.00. The fraction of sp³-hybridized carbons (Fsp3) is 0.190. The third-order valence-electron chi connectivity index (χ3n) is 4.26. The first kappa shape index (κ1) is 21.0. The topological polar surface area (TPSA) is 98.8 Å². The largest absolute Gasteiger partial charge is 0.497 e. The number of methoxy groups -OCH3 is 1. The van der Waals surface area contributed by atoms with Crippen molar-refractivity contribution in [1.29, 1.82) is 0 Å². The van der Waals surface area contributed by atoms with E-state index in [9.17, 15) is 9.59 Å². The Morgan fingerprint density at radius 2 is 1.94 bits per heavy atom. The third-order valence-corrected chi connectivity index (χ3v) is 6.04. The number of benzene rings is 2. The highest BCUT2D eigenvalue weighted by Gasteiger charge is 2.17. The number of hydrogen-bond donors (Lipinski definition) is 2. The van der Waals surface area contributed by atoms with Crippen LogP contribution in [0.25, 0.3) is 0 Å². The summed E-state index contributed by atoms with van der Waals surface area (Å²) in [7, 11) is 1.59. The van der Waals surface area contributed by atoms with Gasteiger partial charge in [-0.2, -0.15) is 0 Å². The first-order valence-corrected chi connectivity index (χ1v) is 11.3. The molecule has 0 spiro atoms. The number of thioether (sulfide) groups is 1. The lowest BCUT2D eigenvalue weighted by molar-refractivity contribution is -0.113. The molecule has 0 saturated heterocycles. The van der Waals surface area contributed by atoms with Gasteiger partial charge in [0, 0.05) is 22.4 Å². The minimum Gasteiger partial charge on any atom is -0.497 e. The van der Waals surface area contributed by atoms with Gasteiger partial charge in [-0.1, -0.05) is 0 Å². The molecular weight excluding hydrogens is 438 g/mol. The van der Waals surface area contributed by atoms with Crippen LogP contribution in [-0.2, 0) is 10.5 Å². The second-order valence-electron chi connectivity index (χ2n) is 6.44. The van der Waals surface area contributed by atoms with E-state index in [1.165, 1.54) is 23.1 Å². The highest BCUT2D eigenvalue weighted by molar-refractivity contribution is 7.99. The SMILES string of the molecule is COc1ccc(NC(=O)CSCc2csc(NC(=O)c3ccc4c(c3)OCO4)n2)cc1. The van der Waals surface area contributed by atoms with Crippen molar-refractivity contribution in [1.82, 2.24) is 4.98 Å². The van der Waals surface area contributed by atoms with Crippen LogP contribution in [0.4, 0.5) is 10.8 Å². The van der Waals surface area contributed by atoms with Crippen LogP contribution in [0.1, 0.15) is 16.1 Å². The van der Waals surface area contributed by atoms with Crippen LogP contribution in [0.15, 0.2) is 47.8 Å². The Morgan fingerprint density at radius 1 is 1.13 bits per heavy atom. The van der Waals surface area contributed by atoms with Crippen molar-refractivity contribution < 1.29 is 23.8 Å². The second-order valence-corrected chi connectivity index (χ2v) is 8.28. The molecule has 2 amide bonds. The number of carbonyl (C=O) groups excluding carboxylic acids is 2. The summed E-state index contributed by atoms with van der Waals surface area (Å²) < 4.78 is 15.6. The molecule has 31 heavy (non-hydrogen) atoms. The summed E-state index contributed by atoms with van der Waals surface area (Å²) >= 11 is 2.79. The van der Waals surface area contributed by atoms with E-state index in [0.29, 0.717) is 39.4 Å². The lowest BCUT2D eigenvalue weighted by Gasteiger charge is -2.06. The standard InChI is InChI=1S/C21H19N3O5S2/c1-27-16-5-3-14(4-6-16)22-19(25)11-30-9-15-10-31-21(23-15)24-20(26)13-2-7-17-18(8-13)29-12-28-17/h2-8,10H,9,11-12H2,1H3,(H,22,25)(H,23,24,26). The highest BCUT2D eigenvalue weighted by Crippen LogP contribution is 2.32. The molecule has 3 aromatic rings. The van der Waals surface area contributed by atoms with Gasteiger partial charge in [-0.3, -0.25) is 14.9 Å². The van der Waals surface area contributed by atoms with E-state index in [1.807, 2.05) is 5.38 Å². The third kappa shape index (κ3) is 5.47. The van der Waals surface area contributed by atoms with Gasteiger partial charge in [0.15, 0.2) is 16.6 Å². The predicted molar refractivity (Wildman–Crippen MR) is 120 cm³/mol. The number of carbonyl (C=O) groups is 2. The monoisotopic (exact) mass is 457 g/mol. The highest BCUT2D eigenvalue weighted by atomic mass is 32.2. The zero-order chi connectivity index (χ0) is 21.6. The Hall–Kier alpha value is -3.24. The quantitative estimate of drug-likeness (QED) is 0.527. The number of nitrogens with zero attached hydrogens (tertiary/aromatic N) is 1. The Balaban J connectivity index is 1.23. The molecule has 10 heteroatoms. The Kier molecular flexibility index (Phi) is 6.58. The number of rotatable bonds is 8. The van der Waals surface area contributed by atoms with Crippen LogP contribution in [-0.4, -0.2) is 36.5 Å². The van der Waals surface area contributed by atoms with E-state index in [-0.39, 0.29) is 18.6 Å². The Labute approximate surface area is 186 Å². The van der Waals surface area contributed by atoms with Crippen molar-refractivity contribution >= 4 is 45.7 Å².